The SMILES string of the molecule is CCOC(=O)COc1ccc(NC(=O)c2cc3cc(/C(N)=N/C(=O)OCc4ccccc4)ccc3o2)cn1. The Labute approximate surface area is 217 Å². The zero-order valence-corrected chi connectivity index (χ0v) is 20.4. The number of rotatable bonds is 9. The van der Waals surface area contributed by atoms with Crippen molar-refractivity contribution in [3.63, 3.8) is 0 Å². The van der Waals surface area contributed by atoms with Gasteiger partial charge in [-0.05, 0) is 42.8 Å². The van der Waals surface area contributed by atoms with Gasteiger partial charge < -0.3 is 29.7 Å². The van der Waals surface area contributed by atoms with E-state index >= 15 is 0 Å². The van der Waals surface area contributed by atoms with Crippen LogP contribution in [0.15, 0.2) is 82.3 Å². The number of furan rings is 1. The Morgan fingerprint density at radius 1 is 1.03 bits per heavy atom. The second-order valence-electron chi connectivity index (χ2n) is 7.83. The highest BCUT2D eigenvalue weighted by atomic mass is 16.6. The third kappa shape index (κ3) is 6.94. The highest BCUT2D eigenvalue weighted by Crippen LogP contribution is 2.22. The van der Waals surface area contributed by atoms with Gasteiger partial charge in [-0.3, -0.25) is 4.79 Å². The van der Waals surface area contributed by atoms with Crippen molar-refractivity contribution in [2.75, 3.05) is 18.5 Å². The molecule has 0 aliphatic rings. The molecule has 0 bridgehead atoms. The molecule has 4 rings (SSSR count). The van der Waals surface area contributed by atoms with Crippen LogP contribution in [0.2, 0.25) is 0 Å². The van der Waals surface area contributed by atoms with Crippen molar-refractivity contribution >= 4 is 40.5 Å². The molecule has 0 radical (unpaired) electrons. The molecule has 38 heavy (non-hydrogen) atoms. The van der Waals surface area contributed by atoms with E-state index in [-0.39, 0.29) is 37.3 Å². The monoisotopic (exact) mass is 516 g/mol. The molecule has 0 atom stereocenters. The predicted molar refractivity (Wildman–Crippen MR) is 138 cm³/mol. The van der Waals surface area contributed by atoms with Crippen LogP contribution in [0, 0.1) is 0 Å². The zero-order chi connectivity index (χ0) is 26.9. The molecule has 2 aromatic heterocycles. The summed E-state index contributed by atoms with van der Waals surface area (Å²) in [5.41, 5.74) is 8.11. The number of benzene rings is 2. The number of nitrogens with one attached hydrogen (secondary N) is 1. The molecular weight excluding hydrogens is 492 g/mol. The van der Waals surface area contributed by atoms with Crippen molar-refractivity contribution in [3.8, 4) is 5.88 Å². The second-order valence-corrected chi connectivity index (χ2v) is 7.83. The molecule has 0 aliphatic heterocycles. The minimum Gasteiger partial charge on any atom is -0.466 e. The fraction of sp³-hybridized carbons (Fsp3) is 0.148. The van der Waals surface area contributed by atoms with E-state index in [9.17, 15) is 14.4 Å². The van der Waals surface area contributed by atoms with E-state index in [1.807, 2.05) is 30.3 Å². The maximum atomic E-state index is 12.7. The number of fused-ring (bicyclic) bond motifs is 1. The van der Waals surface area contributed by atoms with Gasteiger partial charge in [-0.15, -0.1) is 0 Å². The summed E-state index contributed by atoms with van der Waals surface area (Å²) in [5, 5.41) is 3.26. The molecule has 0 saturated heterocycles. The average Bonchev–Trinajstić information content (AvgIpc) is 3.36. The smallest absolute Gasteiger partial charge is 0.435 e. The molecule has 2 aromatic carbocycles. The van der Waals surface area contributed by atoms with Gasteiger partial charge in [0.2, 0.25) is 5.88 Å². The lowest BCUT2D eigenvalue weighted by molar-refractivity contribution is -0.145. The Balaban J connectivity index is 1.37. The van der Waals surface area contributed by atoms with Gasteiger partial charge in [0, 0.05) is 17.0 Å². The van der Waals surface area contributed by atoms with Gasteiger partial charge in [0.1, 0.15) is 18.0 Å². The maximum absolute atomic E-state index is 12.7. The van der Waals surface area contributed by atoms with E-state index in [4.69, 9.17) is 24.4 Å². The lowest BCUT2D eigenvalue weighted by Gasteiger charge is -2.06. The summed E-state index contributed by atoms with van der Waals surface area (Å²) in [7, 11) is 0. The van der Waals surface area contributed by atoms with Gasteiger partial charge in [0.15, 0.2) is 12.4 Å². The molecule has 11 nitrogen and oxygen atoms in total. The number of nitrogens with two attached hydrogens (primary N) is 1. The van der Waals surface area contributed by atoms with E-state index in [0.717, 1.165) is 5.56 Å². The number of pyridine rings is 1. The van der Waals surface area contributed by atoms with Crippen molar-refractivity contribution < 1.29 is 33.0 Å². The molecule has 11 heteroatoms. The number of anilines is 1. The number of hydrogen-bond donors (Lipinski definition) is 2. The Bertz CT molecular complexity index is 1460. The van der Waals surface area contributed by atoms with Gasteiger partial charge in [-0.2, -0.15) is 4.99 Å². The lowest BCUT2D eigenvalue weighted by Crippen LogP contribution is -2.16. The Kier molecular flexibility index (Phi) is 8.29. The van der Waals surface area contributed by atoms with Crippen molar-refractivity contribution in [2.45, 2.75) is 13.5 Å². The second kappa shape index (κ2) is 12.2. The Morgan fingerprint density at radius 2 is 1.84 bits per heavy atom. The summed E-state index contributed by atoms with van der Waals surface area (Å²) >= 11 is 0. The highest BCUT2D eigenvalue weighted by Gasteiger charge is 2.15. The normalized spacial score (nSPS) is 11.1. The van der Waals surface area contributed by atoms with Crippen LogP contribution in [0.4, 0.5) is 10.5 Å². The van der Waals surface area contributed by atoms with E-state index in [1.165, 1.54) is 12.3 Å². The third-order valence-electron chi connectivity index (χ3n) is 5.09. The van der Waals surface area contributed by atoms with Gasteiger partial charge in [0.05, 0.1) is 18.5 Å². The summed E-state index contributed by atoms with van der Waals surface area (Å²) in [6.45, 7) is 1.77. The predicted octanol–water partition coefficient (Wildman–Crippen LogP) is 4.06. The number of ether oxygens (including phenoxy) is 3. The topological polar surface area (TPSA) is 155 Å². The average molecular weight is 517 g/mol. The molecule has 0 saturated carbocycles. The minimum absolute atomic E-state index is 0.0338. The van der Waals surface area contributed by atoms with Gasteiger partial charge in [-0.1, -0.05) is 30.3 Å². The van der Waals surface area contributed by atoms with Crippen molar-refractivity contribution in [1.82, 2.24) is 4.98 Å². The first-order valence-electron chi connectivity index (χ1n) is 11.6. The van der Waals surface area contributed by atoms with Crippen molar-refractivity contribution in [1.29, 1.82) is 0 Å². The zero-order valence-electron chi connectivity index (χ0n) is 20.4. The summed E-state index contributed by atoms with van der Waals surface area (Å²) in [6, 6.07) is 18.7. The summed E-state index contributed by atoms with van der Waals surface area (Å²) in [5.74, 6) is -0.784. The molecule has 0 aliphatic carbocycles. The number of amidine groups is 1. The summed E-state index contributed by atoms with van der Waals surface area (Å²) < 4.78 is 20.8. The lowest BCUT2D eigenvalue weighted by atomic mass is 10.1. The van der Waals surface area contributed by atoms with Gasteiger partial charge in [0.25, 0.3) is 5.91 Å². The highest BCUT2D eigenvalue weighted by molar-refractivity contribution is 6.07. The van der Waals surface area contributed by atoms with Crippen LogP contribution in [-0.2, 0) is 20.9 Å². The van der Waals surface area contributed by atoms with Gasteiger partial charge in [-0.25, -0.2) is 14.6 Å². The number of carbonyl (C=O) groups excluding carboxylic acids is 3. The van der Waals surface area contributed by atoms with Crippen LogP contribution < -0.4 is 15.8 Å². The van der Waals surface area contributed by atoms with E-state index in [2.05, 4.69) is 15.3 Å². The van der Waals surface area contributed by atoms with Crippen LogP contribution in [0.1, 0.15) is 28.6 Å². The van der Waals surface area contributed by atoms with Crippen LogP contribution in [-0.4, -0.2) is 42.0 Å². The van der Waals surface area contributed by atoms with Crippen LogP contribution in [0.3, 0.4) is 0 Å². The fourth-order valence-electron chi connectivity index (χ4n) is 3.30. The quantitative estimate of drug-likeness (QED) is 0.190. The number of carbonyl (C=O) groups is 3. The number of nitrogens with zero attached hydrogens (tertiary/aromatic N) is 2. The standard InChI is InChI=1S/C27H24N4O7/c1-2-35-24(32)16-36-23-11-9-20(14-29-23)30-26(33)22-13-19-12-18(8-10-21(19)38-22)25(28)31-27(34)37-15-17-6-4-3-5-7-17/h3-14H,2,15-16H2,1H3,(H,30,33)(H2,28,31,34). The summed E-state index contributed by atoms with van der Waals surface area (Å²) in [4.78, 5) is 43.9. The number of aromatic nitrogens is 1. The number of amides is 2. The third-order valence-corrected chi connectivity index (χ3v) is 5.09. The first-order chi connectivity index (χ1) is 18.4. The first-order valence-corrected chi connectivity index (χ1v) is 11.6. The van der Waals surface area contributed by atoms with E-state index in [0.29, 0.717) is 22.2 Å². The molecule has 0 fully saturated rings. The first kappa shape index (κ1) is 25.9. The molecule has 2 heterocycles. The largest absolute Gasteiger partial charge is 0.466 e. The van der Waals surface area contributed by atoms with Crippen molar-refractivity contribution in [3.05, 3.63) is 89.8 Å². The number of aliphatic imine (C=N–C) groups is 1. The Hall–Kier alpha value is -5.19. The molecule has 0 unspecified atom stereocenters. The Morgan fingerprint density at radius 3 is 2.58 bits per heavy atom. The summed E-state index contributed by atoms with van der Waals surface area (Å²) in [6.07, 6.45) is 0.567. The molecule has 4 aromatic rings. The minimum atomic E-state index is -0.815. The molecular formula is C27H24N4O7. The van der Waals surface area contributed by atoms with Crippen molar-refractivity contribution in [2.24, 2.45) is 10.7 Å². The van der Waals surface area contributed by atoms with Crippen LogP contribution in [0.25, 0.3) is 11.0 Å². The maximum Gasteiger partial charge on any atom is 0.435 e. The van der Waals surface area contributed by atoms with E-state index in [1.54, 1.807) is 37.3 Å². The fourth-order valence-corrected chi connectivity index (χ4v) is 3.30. The number of hydrogen-bond acceptors (Lipinski definition) is 8. The molecule has 2 amide bonds. The number of esters is 1. The molecule has 194 valence electrons. The van der Waals surface area contributed by atoms with Crippen LogP contribution in [0.5, 0.6) is 5.88 Å². The molecule has 3 N–H and O–H groups in total. The van der Waals surface area contributed by atoms with Gasteiger partial charge >= 0.3 is 12.1 Å². The van der Waals surface area contributed by atoms with E-state index < -0.39 is 18.0 Å². The molecule has 0 spiro atoms. The van der Waals surface area contributed by atoms with Crippen LogP contribution >= 0.6 is 0 Å².